The molecule has 0 amide bonds. The maximum absolute atomic E-state index is 5.98. The molecule has 1 rings (SSSR count). The van der Waals surface area contributed by atoms with Crippen LogP contribution in [0.15, 0.2) is 0 Å². The highest BCUT2D eigenvalue weighted by atomic mass is 16.5. The van der Waals surface area contributed by atoms with Crippen LogP contribution in [0, 0.1) is 5.92 Å². The molecule has 108 valence electrons. The van der Waals surface area contributed by atoms with Crippen molar-refractivity contribution in [3.8, 4) is 0 Å². The lowest BCUT2D eigenvalue weighted by molar-refractivity contribution is -0.0973. The van der Waals surface area contributed by atoms with Gasteiger partial charge >= 0.3 is 0 Å². The molecule has 0 aromatic rings. The number of ether oxygens (including phenoxy) is 2. The summed E-state index contributed by atoms with van der Waals surface area (Å²) in [6.07, 6.45) is 3.01. The molecule has 0 aliphatic heterocycles. The Hall–Kier alpha value is -0.120. The summed E-state index contributed by atoms with van der Waals surface area (Å²) in [6.45, 7) is 14.8. The molecule has 1 fully saturated rings. The van der Waals surface area contributed by atoms with E-state index < -0.39 is 0 Å². The number of rotatable bonds is 7. The Labute approximate surface area is 113 Å². The Kier molecular flexibility index (Phi) is 7.20. The first-order chi connectivity index (χ1) is 8.67. The summed E-state index contributed by atoms with van der Waals surface area (Å²) in [5.74, 6) is 0.605. The van der Waals surface area contributed by atoms with Crippen molar-refractivity contribution < 1.29 is 9.47 Å². The molecule has 0 bridgehead atoms. The standard InChI is InChI=1S/C15H31NO2/c1-6-16(7-2)13-11-14(17-8-3)12(5)10-15(13)18-9-4/h12-15H,6-11H2,1-5H3. The van der Waals surface area contributed by atoms with Gasteiger partial charge in [0.1, 0.15) is 0 Å². The van der Waals surface area contributed by atoms with Gasteiger partial charge in [-0.25, -0.2) is 0 Å². The molecule has 1 aliphatic carbocycles. The molecule has 4 atom stereocenters. The SMILES string of the molecule is CCOC1CC(N(CC)CC)C(OCC)CC1C. The van der Waals surface area contributed by atoms with Crippen molar-refractivity contribution in [1.29, 1.82) is 0 Å². The van der Waals surface area contributed by atoms with Crippen LogP contribution in [-0.2, 0) is 9.47 Å². The molecule has 4 unspecified atom stereocenters. The van der Waals surface area contributed by atoms with Crippen molar-refractivity contribution >= 4 is 0 Å². The maximum Gasteiger partial charge on any atom is 0.0734 e. The molecule has 3 heteroatoms. The van der Waals surface area contributed by atoms with E-state index in [0.29, 0.717) is 24.2 Å². The van der Waals surface area contributed by atoms with Gasteiger partial charge in [-0.3, -0.25) is 4.90 Å². The van der Waals surface area contributed by atoms with Gasteiger partial charge in [0, 0.05) is 19.3 Å². The van der Waals surface area contributed by atoms with Crippen molar-refractivity contribution in [2.75, 3.05) is 26.3 Å². The molecule has 1 saturated carbocycles. The monoisotopic (exact) mass is 257 g/mol. The van der Waals surface area contributed by atoms with Crippen LogP contribution in [0.3, 0.4) is 0 Å². The third-order valence-corrected chi connectivity index (χ3v) is 4.18. The zero-order valence-corrected chi connectivity index (χ0v) is 12.8. The molecule has 0 heterocycles. The summed E-state index contributed by atoms with van der Waals surface area (Å²) in [5, 5.41) is 0. The Morgan fingerprint density at radius 2 is 1.44 bits per heavy atom. The van der Waals surface area contributed by atoms with E-state index in [-0.39, 0.29) is 0 Å². The molecule has 0 aromatic heterocycles. The van der Waals surface area contributed by atoms with Gasteiger partial charge in [-0.15, -0.1) is 0 Å². The van der Waals surface area contributed by atoms with E-state index in [1.165, 1.54) is 0 Å². The number of hydrogen-bond donors (Lipinski definition) is 0. The van der Waals surface area contributed by atoms with Crippen LogP contribution in [0.4, 0.5) is 0 Å². The molecule has 18 heavy (non-hydrogen) atoms. The summed E-state index contributed by atoms with van der Waals surface area (Å²) in [5.41, 5.74) is 0. The molecular weight excluding hydrogens is 226 g/mol. The number of nitrogens with zero attached hydrogens (tertiary/aromatic N) is 1. The molecule has 0 saturated heterocycles. The summed E-state index contributed by atoms with van der Waals surface area (Å²) in [4.78, 5) is 2.53. The van der Waals surface area contributed by atoms with Gasteiger partial charge in [-0.1, -0.05) is 20.8 Å². The zero-order valence-electron chi connectivity index (χ0n) is 12.8. The molecule has 0 radical (unpaired) electrons. The van der Waals surface area contributed by atoms with Crippen LogP contribution in [-0.4, -0.2) is 49.5 Å². The highest BCUT2D eigenvalue weighted by Gasteiger charge is 2.38. The average molecular weight is 257 g/mol. The van der Waals surface area contributed by atoms with Crippen LogP contribution in [0.1, 0.15) is 47.5 Å². The van der Waals surface area contributed by atoms with Crippen molar-refractivity contribution in [3.05, 3.63) is 0 Å². The second kappa shape index (κ2) is 8.13. The minimum absolute atomic E-state index is 0.376. The van der Waals surface area contributed by atoms with Gasteiger partial charge in [0.2, 0.25) is 0 Å². The number of likely N-dealkylation sites (N-methyl/N-ethyl adjacent to an activating group) is 1. The van der Waals surface area contributed by atoms with E-state index in [2.05, 4.69) is 39.5 Å². The molecular formula is C15H31NO2. The first kappa shape index (κ1) is 15.9. The Balaban J connectivity index is 2.72. The minimum atomic E-state index is 0.376. The molecule has 0 N–H and O–H groups in total. The van der Waals surface area contributed by atoms with Crippen LogP contribution in [0.2, 0.25) is 0 Å². The van der Waals surface area contributed by atoms with Crippen molar-refractivity contribution in [3.63, 3.8) is 0 Å². The van der Waals surface area contributed by atoms with E-state index in [1.807, 2.05) is 0 Å². The maximum atomic E-state index is 5.98. The lowest BCUT2D eigenvalue weighted by atomic mass is 9.81. The van der Waals surface area contributed by atoms with Gasteiger partial charge in [0.25, 0.3) is 0 Å². The zero-order chi connectivity index (χ0) is 13.5. The Bertz CT molecular complexity index is 219. The van der Waals surface area contributed by atoms with E-state index in [9.17, 15) is 0 Å². The normalized spacial score (nSPS) is 33.0. The van der Waals surface area contributed by atoms with E-state index in [1.54, 1.807) is 0 Å². The van der Waals surface area contributed by atoms with E-state index in [4.69, 9.17) is 9.47 Å². The average Bonchev–Trinajstić information content (AvgIpc) is 2.36. The Morgan fingerprint density at radius 1 is 0.889 bits per heavy atom. The molecule has 3 nitrogen and oxygen atoms in total. The predicted octanol–water partition coefficient (Wildman–Crippen LogP) is 2.94. The van der Waals surface area contributed by atoms with Crippen LogP contribution in [0.5, 0.6) is 0 Å². The minimum Gasteiger partial charge on any atom is -0.378 e. The molecule has 0 aromatic carbocycles. The van der Waals surface area contributed by atoms with E-state index in [0.717, 1.165) is 39.1 Å². The molecule has 0 spiro atoms. The first-order valence-corrected chi connectivity index (χ1v) is 7.64. The van der Waals surface area contributed by atoms with Gasteiger partial charge < -0.3 is 9.47 Å². The highest BCUT2D eigenvalue weighted by molar-refractivity contribution is 4.91. The first-order valence-electron chi connectivity index (χ1n) is 7.64. The van der Waals surface area contributed by atoms with Crippen molar-refractivity contribution in [2.24, 2.45) is 5.92 Å². The topological polar surface area (TPSA) is 21.7 Å². The van der Waals surface area contributed by atoms with Gasteiger partial charge in [-0.05, 0) is 45.7 Å². The van der Waals surface area contributed by atoms with Crippen LogP contribution in [0.25, 0.3) is 0 Å². The molecule has 1 aliphatic rings. The van der Waals surface area contributed by atoms with Gasteiger partial charge in [0.15, 0.2) is 0 Å². The fraction of sp³-hybridized carbons (Fsp3) is 1.00. The third-order valence-electron chi connectivity index (χ3n) is 4.18. The van der Waals surface area contributed by atoms with Gasteiger partial charge in [0.05, 0.1) is 12.2 Å². The summed E-state index contributed by atoms with van der Waals surface area (Å²) in [7, 11) is 0. The van der Waals surface area contributed by atoms with Crippen LogP contribution >= 0.6 is 0 Å². The summed E-state index contributed by atoms with van der Waals surface area (Å²) >= 11 is 0. The smallest absolute Gasteiger partial charge is 0.0734 e. The van der Waals surface area contributed by atoms with Gasteiger partial charge in [-0.2, -0.15) is 0 Å². The third kappa shape index (κ3) is 3.94. The second-order valence-corrected chi connectivity index (χ2v) is 5.22. The lowest BCUT2D eigenvalue weighted by Crippen LogP contribution is -2.52. The second-order valence-electron chi connectivity index (χ2n) is 5.22. The fourth-order valence-corrected chi connectivity index (χ4v) is 3.21. The lowest BCUT2D eigenvalue weighted by Gasteiger charge is -2.44. The fourth-order valence-electron chi connectivity index (χ4n) is 3.21. The predicted molar refractivity (Wildman–Crippen MR) is 75.9 cm³/mol. The van der Waals surface area contributed by atoms with Crippen LogP contribution < -0.4 is 0 Å². The van der Waals surface area contributed by atoms with E-state index >= 15 is 0 Å². The quantitative estimate of drug-likeness (QED) is 0.700. The number of hydrogen-bond acceptors (Lipinski definition) is 3. The highest BCUT2D eigenvalue weighted by Crippen LogP contribution is 2.31. The Morgan fingerprint density at radius 3 is 1.94 bits per heavy atom. The van der Waals surface area contributed by atoms with Crippen molar-refractivity contribution in [1.82, 2.24) is 4.90 Å². The summed E-state index contributed by atoms with van der Waals surface area (Å²) in [6, 6.07) is 0.521. The van der Waals surface area contributed by atoms with Crippen molar-refractivity contribution in [2.45, 2.75) is 65.7 Å². The summed E-state index contributed by atoms with van der Waals surface area (Å²) < 4.78 is 11.9. The largest absolute Gasteiger partial charge is 0.378 e.